The highest BCUT2D eigenvalue weighted by Gasteiger charge is 2.30. The first kappa shape index (κ1) is 22.0. The summed E-state index contributed by atoms with van der Waals surface area (Å²) in [6.45, 7) is 0. The molecule has 138 valence electrons. The van der Waals surface area contributed by atoms with Crippen LogP contribution in [-0.2, 0) is 6.18 Å². The molecule has 0 aliphatic heterocycles. The molecule has 2 N–H and O–H groups in total. The second kappa shape index (κ2) is 9.56. The molecular weight excluding hydrogens is 412 g/mol. The van der Waals surface area contributed by atoms with Gasteiger partial charge in [-0.1, -0.05) is 41.4 Å². The number of rotatable bonds is 3. The molecule has 0 saturated heterocycles. The number of hydrogen-bond donors (Lipinski definition) is 1. The molecule has 0 spiro atoms. The van der Waals surface area contributed by atoms with E-state index in [1.807, 2.05) is 0 Å². The van der Waals surface area contributed by atoms with Crippen LogP contribution in [0.2, 0.25) is 10.0 Å². The van der Waals surface area contributed by atoms with Crippen LogP contribution in [-0.4, -0.2) is 18.4 Å². The van der Waals surface area contributed by atoms with Crippen molar-refractivity contribution in [3.8, 4) is 0 Å². The first-order valence-corrected chi connectivity index (χ1v) is 7.55. The molecule has 0 atom stereocenters. The van der Waals surface area contributed by atoms with Crippen LogP contribution in [0.15, 0.2) is 57.7 Å². The molecule has 4 nitrogen and oxygen atoms in total. The highest BCUT2D eigenvalue weighted by molar-refractivity contribution is 6.38. The Kier molecular flexibility index (Phi) is 8.08. The summed E-state index contributed by atoms with van der Waals surface area (Å²) in [5.41, 5.74) is 5.45. The van der Waals surface area contributed by atoms with Crippen molar-refractivity contribution >= 4 is 54.0 Å². The summed E-state index contributed by atoms with van der Waals surface area (Å²) < 4.78 is 37.9. The van der Waals surface area contributed by atoms with Gasteiger partial charge in [0.2, 0.25) is 5.96 Å². The van der Waals surface area contributed by atoms with Crippen LogP contribution in [0.4, 0.5) is 13.2 Å². The van der Waals surface area contributed by atoms with E-state index in [9.17, 15) is 13.2 Å². The summed E-state index contributed by atoms with van der Waals surface area (Å²) in [6.07, 6.45) is -1.97. The topological polar surface area (TPSA) is 63.1 Å². The number of alkyl halides is 3. The molecule has 0 saturated carbocycles. The largest absolute Gasteiger partial charge is 0.416 e. The maximum atomic E-state index is 12.6. The number of halogens is 6. The van der Waals surface area contributed by atoms with Crippen LogP contribution in [0.3, 0.4) is 0 Å². The lowest BCUT2D eigenvalue weighted by molar-refractivity contribution is -0.137. The summed E-state index contributed by atoms with van der Waals surface area (Å²) in [6, 6.07) is 9.59. The van der Waals surface area contributed by atoms with Gasteiger partial charge in [0.05, 0.1) is 21.8 Å². The Bertz CT molecular complexity index is 829. The van der Waals surface area contributed by atoms with Crippen LogP contribution in [0, 0.1) is 0 Å². The molecule has 0 aliphatic carbocycles. The van der Waals surface area contributed by atoms with Crippen molar-refractivity contribution < 1.29 is 13.2 Å². The zero-order valence-electron chi connectivity index (χ0n) is 12.9. The third-order valence-corrected chi connectivity index (χ3v) is 3.57. The van der Waals surface area contributed by atoms with E-state index >= 15 is 0 Å². The van der Waals surface area contributed by atoms with Crippen LogP contribution in [0.1, 0.15) is 16.7 Å². The lowest BCUT2D eigenvalue weighted by atomic mass is 10.1. The van der Waals surface area contributed by atoms with Crippen LogP contribution in [0.5, 0.6) is 0 Å². The number of hydrogen-bond acceptors (Lipinski definition) is 2. The van der Waals surface area contributed by atoms with E-state index in [1.165, 1.54) is 18.3 Å². The lowest BCUT2D eigenvalue weighted by Crippen LogP contribution is -2.08. The van der Waals surface area contributed by atoms with Gasteiger partial charge < -0.3 is 5.73 Å². The Balaban J connectivity index is 0.00000338. The Morgan fingerprint density at radius 3 is 2.23 bits per heavy atom. The second-order valence-corrected chi connectivity index (χ2v) is 5.53. The summed E-state index contributed by atoms with van der Waals surface area (Å²) >= 11 is 11.9. The Morgan fingerprint density at radius 1 is 1.00 bits per heavy atom. The van der Waals surface area contributed by atoms with Gasteiger partial charge in [-0.25, -0.2) is 4.99 Å². The van der Waals surface area contributed by atoms with Crippen molar-refractivity contribution in [2.75, 3.05) is 0 Å². The van der Waals surface area contributed by atoms with Crippen LogP contribution in [0.25, 0.3) is 0 Å². The monoisotopic (exact) mass is 422 g/mol. The summed E-state index contributed by atoms with van der Waals surface area (Å²) in [4.78, 5) is 3.75. The molecule has 2 rings (SSSR count). The predicted octanol–water partition coefficient (Wildman–Crippen LogP) is 5.20. The number of nitrogens with two attached hydrogens (primary N) is 1. The number of nitrogens with zero attached hydrogens (tertiary/aromatic N) is 3. The van der Waals surface area contributed by atoms with E-state index in [0.29, 0.717) is 15.6 Å². The molecule has 0 aliphatic rings. The van der Waals surface area contributed by atoms with Gasteiger partial charge in [-0.3, -0.25) is 0 Å². The second-order valence-electron chi connectivity index (χ2n) is 4.72. The normalized spacial score (nSPS) is 12.6. The third-order valence-electron chi connectivity index (χ3n) is 2.91. The fraction of sp³-hybridized carbons (Fsp3) is 0.0625. The van der Waals surface area contributed by atoms with Gasteiger partial charge in [-0.05, 0) is 29.8 Å². The van der Waals surface area contributed by atoms with Gasteiger partial charge >= 0.3 is 6.18 Å². The number of benzene rings is 2. The molecule has 26 heavy (non-hydrogen) atoms. The smallest absolute Gasteiger partial charge is 0.366 e. The Morgan fingerprint density at radius 2 is 1.62 bits per heavy atom. The van der Waals surface area contributed by atoms with E-state index in [0.717, 1.165) is 18.3 Å². The van der Waals surface area contributed by atoms with Gasteiger partial charge in [0.15, 0.2) is 0 Å². The van der Waals surface area contributed by atoms with Crippen LogP contribution >= 0.6 is 35.6 Å². The van der Waals surface area contributed by atoms with Gasteiger partial charge in [0.25, 0.3) is 0 Å². The minimum Gasteiger partial charge on any atom is -0.366 e. The first-order valence-electron chi connectivity index (χ1n) is 6.79. The summed E-state index contributed by atoms with van der Waals surface area (Å²) in [5, 5.41) is 8.10. The van der Waals surface area contributed by atoms with Gasteiger partial charge in [-0.2, -0.15) is 18.3 Å². The van der Waals surface area contributed by atoms with Crippen molar-refractivity contribution in [2.24, 2.45) is 20.9 Å². The Hall–Kier alpha value is -2.09. The SMILES string of the molecule is Cl.NC(N=Cc1cccc(C(F)(F)F)c1)=N/N=C/c1c(Cl)cccc1Cl. The maximum absolute atomic E-state index is 12.6. The fourth-order valence-electron chi connectivity index (χ4n) is 1.74. The highest BCUT2D eigenvalue weighted by Crippen LogP contribution is 2.29. The quantitative estimate of drug-likeness (QED) is 0.411. The number of guanidine groups is 1. The molecule has 0 unspecified atom stereocenters. The minimum absolute atomic E-state index is 0. The number of aliphatic imine (C=N–C) groups is 1. The third kappa shape index (κ3) is 6.33. The van der Waals surface area contributed by atoms with Gasteiger partial charge in [0.1, 0.15) is 0 Å². The average molecular weight is 424 g/mol. The molecule has 0 radical (unpaired) electrons. The molecule has 0 fully saturated rings. The zero-order chi connectivity index (χ0) is 18.4. The van der Waals surface area contributed by atoms with Gasteiger partial charge in [0, 0.05) is 11.8 Å². The minimum atomic E-state index is -4.43. The van der Waals surface area contributed by atoms with Gasteiger partial charge in [-0.15, -0.1) is 17.5 Å². The first-order chi connectivity index (χ1) is 11.8. The fourth-order valence-corrected chi connectivity index (χ4v) is 2.24. The lowest BCUT2D eigenvalue weighted by Gasteiger charge is -2.06. The summed E-state index contributed by atoms with van der Waals surface area (Å²) in [5.74, 6) is -0.239. The van der Waals surface area contributed by atoms with E-state index in [4.69, 9.17) is 28.9 Å². The molecule has 0 bridgehead atoms. The maximum Gasteiger partial charge on any atom is 0.416 e. The molecule has 2 aromatic carbocycles. The average Bonchev–Trinajstić information content (AvgIpc) is 2.55. The van der Waals surface area contributed by atoms with Crippen molar-refractivity contribution in [2.45, 2.75) is 6.18 Å². The molecule has 0 aromatic heterocycles. The van der Waals surface area contributed by atoms with Crippen LogP contribution < -0.4 is 5.73 Å². The van der Waals surface area contributed by atoms with E-state index in [1.54, 1.807) is 18.2 Å². The van der Waals surface area contributed by atoms with Crippen molar-refractivity contribution in [3.05, 3.63) is 69.2 Å². The summed E-state index contributed by atoms with van der Waals surface area (Å²) in [7, 11) is 0. The van der Waals surface area contributed by atoms with E-state index < -0.39 is 11.7 Å². The predicted molar refractivity (Wildman–Crippen MR) is 102 cm³/mol. The van der Waals surface area contributed by atoms with E-state index in [2.05, 4.69) is 15.2 Å². The van der Waals surface area contributed by atoms with Crippen molar-refractivity contribution in [1.82, 2.24) is 0 Å². The molecule has 0 heterocycles. The molecule has 2 aromatic rings. The van der Waals surface area contributed by atoms with E-state index in [-0.39, 0.29) is 23.9 Å². The zero-order valence-corrected chi connectivity index (χ0v) is 15.2. The molecule has 0 amide bonds. The van der Waals surface area contributed by atoms with Crippen molar-refractivity contribution in [1.29, 1.82) is 0 Å². The standard InChI is InChI=1S/C16H11Cl2F3N4.ClH/c17-13-5-2-6-14(18)12(13)9-24-25-15(22)23-8-10-3-1-4-11(7-10)16(19,20)21;/h1-9H,(H2,22,25);1H/b23-8?,24-9+;. The van der Waals surface area contributed by atoms with Crippen molar-refractivity contribution in [3.63, 3.8) is 0 Å². The molecule has 10 heteroatoms. The Labute approximate surface area is 163 Å². The molecular formula is C16H12Cl3F3N4. The highest BCUT2D eigenvalue weighted by atomic mass is 35.5.